The Hall–Kier alpha value is -0.880. The zero-order valence-corrected chi connectivity index (χ0v) is 13.6. The molecule has 0 aliphatic rings. The predicted molar refractivity (Wildman–Crippen MR) is 87.1 cm³/mol. The molecule has 0 bridgehead atoms. The lowest BCUT2D eigenvalue weighted by atomic mass is 10.0. The molecule has 1 atom stereocenters. The molecule has 0 aliphatic carbocycles. The van der Waals surface area contributed by atoms with Crippen molar-refractivity contribution in [1.82, 2.24) is 15.1 Å². The van der Waals surface area contributed by atoms with Gasteiger partial charge in [-0.15, -0.1) is 0 Å². The van der Waals surface area contributed by atoms with E-state index in [9.17, 15) is 0 Å². The van der Waals surface area contributed by atoms with Crippen molar-refractivity contribution in [1.29, 1.82) is 0 Å². The van der Waals surface area contributed by atoms with Gasteiger partial charge in [0, 0.05) is 22.9 Å². The number of hydrogen-bond donors (Lipinski definition) is 1. The van der Waals surface area contributed by atoms with Gasteiger partial charge in [0.05, 0.1) is 6.20 Å². The number of rotatable bonds is 6. The number of aryl methyl sites for hydroxylation is 2. The highest BCUT2D eigenvalue weighted by Crippen LogP contribution is 2.23. The van der Waals surface area contributed by atoms with Gasteiger partial charge < -0.3 is 5.32 Å². The first-order valence-electron chi connectivity index (χ1n) is 6.66. The van der Waals surface area contributed by atoms with Crippen LogP contribution < -0.4 is 5.32 Å². The molecule has 1 aromatic carbocycles. The third-order valence-corrected chi connectivity index (χ3v) is 4.19. The topological polar surface area (TPSA) is 29.9 Å². The highest BCUT2D eigenvalue weighted by atomic mass is 127. The fourth-order valence-electron chi connectivity index (χ4n) is 2.28. The average Bonchev–Trinajstić information content (AvgIpc) is 2.81. The number of aromatic nitrogens is 2. The first-order chi connectivity index (χ1) is 9.20. The molecule has 0 amide bonds. The van der Waals surface area contributed by atoms with E-state index in [0.29, 0.717) is 6.04 Å². The summed E-state index contributed by atoms with van der Waals surface area (Å²) in [5.41, 5.74) is 2.70. The Morgan fingerprint density at radius 3 is 2.79 bits per heavy atom. The molecule has 4 heteroatoms. The van der Waals surface area contributed by atoms with Crippen LogP contribution in [0.3, 0.4) is 0 Å². The van der Waals surface area contributed by atoms with Gasteiger partial charge in [-0.3, -0.25) is 4.68 Å². The van der Waals surface area contributed by atoms with Crippen LogP contribution in [0.15, 0.2) is 36.7 Å². The molecule has 0 saturated heterocycles. The number of nitrogens with one attached hydrogen (secondary N) is 1. The first kappa shape index (κ1) is 14.5. The summed E-state index contributed by atoms with van der Waals surface area (Å²) < 4.78 is 3.20. The summed E-state index contributed by atoms with van der Waals surface area (Å²) in [5.74, 6) is 0. The van der Waals surface area contributed by atoms with Gasteiger partial charge >= 0.3 is 0 Å². The van der Waals surface area contributed by atoms with Crippen LogP contribution in [-0.2, 0) is 13.5 Å². The number of halogens is 1. The zero-order valence-electron chi connectivity index (χ0n) is 11.4. The van der Waals surface area contributed by atoms with Crippen LogP contribution in [0.25, 0.3) is 0 Å². The molecular weight excluding hydrogens is 349 g/mol. The molecule has 2 aromatic rings. The van der Waals surface area contributed by atoms with Crippen molar-refractivity contribution >= 4 is 22.6 Å². The smallest absolute Gasteiger partial charge is 0.0521 e. The fourth-order valence-corrected chi connectivity index (χ4v) is 3.05. The standard InChI is InChI=1S/C15H20IN3/c1-3-17-15(13-6-4-5-7-14(13)16)9-8-12-10-18-19(2)11-12/h4-7,10-11,15,17H,3,8-9H2,1-2H3. The number of hydrogen-bond acceptors (Lipinski definition) is 2. The molecule has 0 saturated carbocycles. The maximum absolute atomic E-state index is 4.23. The highest BCUT2D eigenvalue weighted by molar-refractivity contribution is 14.1. The normalized spacial score (nSPS) is 12.6. The quantitative estimate of drug-likeness (QED) is 0.792. The Bertz CT molecular complexity index is 522. The SMILES string of the molecule is CCNC(CCc1cnn(C)c1)c1ccccc1I. The van der Waals surface area contributed by atoms with Crippen LogP contribution in [-0.4, -0.2) is 16.3 Å². The van der Waals surface area contributed by atoms with Gasteiger partial charge in [0.2, 0.25) is 0 Å². The molecule has 0 radical (unpaired) electrons. The van der Waals surface area contributed by atoms with E-state index in [1.54, 1.807) is 0 Å². The lowest BCUT2D eigenvalue weighted by Crippen LogP contribution is -2.22. The van der Waals surface area contributed by atoms with Crippen molar-refractivity contribution in [3.63, 3.8) is 0 Å². The second-order valence-electron chi connectivity index (χ2n) is 4.69. The molecule has 3 nitrogen and oxygen atoms in total. The van der Waals surface area contributed by atoms with Gasteiger partial charge in [-0.05, 0) is 59.2 Å². The monoisotopic (exact) mass is 369 g/mol. The molecule has 1 aromatic heterocycles. The van der Waals surface area contributed by atoms with Crippen LogP contribution in [0.5, 0.6) is 0 Å². The molecule has 1 N–H and O–H groups in total. The second-order valence-corrected chi connectivity index (χ2v) is 5.85. The van der Waals surface area contributed by atoms with Crippen molar-refractivity contribution in [2.75, 3.05) is 6.54 Å². The maximum atomic E-state index is 4.23. The largest absolute Gasteiger partial charge is 0.310 e. The predicted octanol–water partition coefficient (Wildman–Crippen LogP) is 3.31. The van der Waals surface area contributed by atoms with Crippen LogP contribution >= 0.6 is 22.6 Å². The number of benzene rings is 1. The molecule has 1 heterocycles. The fraction of sp³-hybridized carbons (Fsp3) is 0.400. The van der Waals surface area contributed by atoms with E-state index in [-0.39, 0.29) is 0 Å². The lowest BCUT2D eigenvalue weighted by molar-refractivity contribution is 0.513. The number of nitrogens with zero attached hydrogens (tertiary/aromatic N) is 2. The van der Waals surface area contributed by atoms with Crippen LogP contribution in [0.4, 0.5) is 0 Å². The summed E-state index contributed by atoms with van der Waals surface area (Å²) in [6, 6.07) is 9.02. The van der Waals surface area contributed by atoms with E-state index in [0.717, 1.165) is 19.4 Å². The summed E-state index contributed by atoms with van der Waals surface area (Å²) in [4.78, 5) is 0. The van der Waals surface area contributed by atoms with Gasteiger partial charge in [0.15, 0.2) is 0 Å². The molecule has 102 valence electrons. The molecule has 1 unspecified atom stereocenters. The van der Waals surface area contributed by atoms with Crippen LogP contribution in [0.1, 0.15) is 30.5 Å². The Labute approximate surface area is 128 Å². The molecule has 2 rings (SSSR count). The minimum atomic E-state index is 0.415. The van der Waals surface area contributed by atoms with Crippen LogP contribution in [0, 0.1) is 3.57 Å². The molecule has 0 fully saturated rings. The van der Waals surface area contributed by atoms with E-state index in [4.69, 9.17) is 0 Å². The van der Waals surface area contributed by atoms with E-state index >= 15 is 0 Å². The Balaban J connectivity index is 2.06. The second kappa shape index (κ2) is 7.05. The van der Waals surface area contributed by atoms with Crippen molar-refractivity contribution in [3.8, 4) is 0 Å². The minimum Gasteiger partial charge on any atom is -0.310 e. The highest BCUT2D eigenvalue weighted by Gasteiger charge is 2.13. The Morgan fingerprint density at radius 1 is 1.37 bits per heavy atom. The van der Waals surface area contributed by atoms with Crippen molar-refractivity contribution in [2.45, 2.75) is 25.8 Å². The summed E-state index contributed by atoms with van der Waals surface area (Å²) in [5, 5.41) is 7.81. The Kier molecular flexibility index (Phi) is 5.39. The van der Waals surface area contributed by atoms with Gasteiger partial charge in [-0.25, -0.2) is 0 Å². The van der Waals surface area contributed by atoms with Gasteiger partial charge in [-0.2, -0.15) is 5.10 Å². The molecular formula is C15H20IN3. The molecule has 0 spiro atoms. The summed E-state index contributed by atoms with van der Waals surface area (Å²) >= 11 is 2.42. The minimum absolute atomic E-state index is 0.415. The van der Waals surface area contributed by atoms with Gasteiger partial charge in [-0.1, -0.05) is 25.1 Å². The van der Waals surface area contributed by atoms with E-state index in [1.165, 1.54) is 14.7 Å². The van der Waals surface area contributed by atoms with E-state index in [2.05, 4.69) is 70.4 Å². The summed E-state index contributed by atoms with van der Waals surface area (Å²) in [6.07, 6.45) is 6.20. The van der Waals surface area contributed by atoms with Crippen molar-refractivity contribution < 1.29 is 0 Å². The molecule has 19 heavy (non-hydrogen) atoms. The van der Waals surface area contributed by atoms with Gasteiger partial charge in [0.25, 0.3) is 0 Å². The van der Waals surface area contributed by atoms with Gasteiger partial charge in [0.1, 0.15) is 0 Å². The zero-order chi connectivity index (χ0) is 13.7. The van der Waals surface area contributed by atoms with Crippen molar-refractivity contribution in [2.24, 2.45) is 7.05 Å². The molecule has 0 aliphatic heterocycles. The first-order valence-corrected chi connectivity index (χ1v) is 7.74. The maximum Gasteiger partial charge on any atom is 0.0521 e. The third-order valence-electron chi connectivity index (χ3n) is 3.21. The summed E-state index contributed by atoms with van der Waals surface area (Å²) in [7, 11) is 1.96. The van der Waals surface area contributed by atoms with Crippen LogP contribution in [0.2, 0.25) is 0 Å². The Morgan fingerprint density at radius 2 is 2.16 bits per heavy atom. The van der Waals surface area contributed by atoms with E-state index in [1.807, 2.05) is 17.9 Å². The lowest BCUT2D eigenvalue weighted by Gasteiger charge is -2.19. The summed E-state index contributed by atoms with van der Waals surface area (Å²) in [6.45, 7) is 3.15. The average molecular weight is 369 g/mol. The third kappa shape index (κ3) is 4.04. The van der Waals surface area contributed by atoms with E-state index < -0.39 is 0 Å². The van der Waals surface area contributed by atoms with Crippen molar-refractivity contribution in [3.05, 3.63) is 51.4 Å².